The fraction of sp³-hybridized carbons (Fsp3) is 0.700. The first-order valence-corrected chi connectivity index (χ1v) is 5.11. The number of ether oxygens (including phenoxy) is 2. The van der Waals surface area contributed by atoms with Crippen molar-refractivity contribution in [3.8, 4) is 0 Å². The van der Waals surface area contributed by atoms with Crippen LogP contribution in [0.3, 0.4) is 0 Å². The number of carbonyl (C=O) groups excluding carboxylic acids is 2. The normalized spacial score (nSPS) is 20.1. The highest BCUT2D eigenvalue weighted by molar-refractivity contribution is 5.90. The number of rotatable bonds is 2. The summed E-state index contributed by atoms with van der Waals surface area (Å²) in [5, 5.41) is 8.65. The molecule has 0 spiro atoms. The van der Waals surface area contributed by atoms with Gasteiger partial charge in [-0.3, -0.25) is 4.79 Å². The average molecular weight is 245 g/mol. The Morgan fingerprint density at radius 1 is 1.53 bits per heavy atom. The molecule has 0 aromatic rings. The number of nitrogens with zero attached hydrogens (tertiary/aromatic N) is 1. The third-order valence-electron chi connectivity index (χ3n) is 1.96. The van der Waals surface area contributed by atoms with Crippen LogP contribution in [0.25, 0.3) is 0 Å². The van der Waals surface area contributed by atoms with Gasteiger partial charge in [0.2, 0.25) is 0 Å². The summed E-state index contributed by atoms with van der Waals surface area (Å²) in [6.07, 6.45) is -2.11. The molecule has 17 heavy (non-hydrogen) atoms. The molecule has 0 unspecified atom stereocenters. The number of carbonyl (C=O) groups is 3. The van der Waals surface area contributed by atoms with Gasteiger partial charge < -0.3 is 14.6 Å². The zero-order valence-electron chi connectivity index (χ0n) is 9.93. The predicted molar refractivity (Wildman–Crippen MR) is 55.5 cm³/mol. The lowest BCUT2D eigenvalue weighted by Gasteiger charge is -2.24. The lowest BCUT2D eigenvalue weighted by Crippen LogP contribution is -2.43. The minimum absolute atomic E-state index is 0.121. The smallest absolute Gasteiger partial charge is 0.420 e. The molecule has 0 saturated carbocycles. The van der Waals surface area contributed by atoms with Crippen LogP contribution in [-0.4, -0.2) is 46.4 Å². The maximum Gasteiger partial charge on any atom is 0.420 e. The quantitative estimate of drug-likeness (QED) is 0.786. The van der Waals surface area contributed by atoms with Gasteiger partial charge in [0.05, 0.1) is 12.5 Å². The molecule has 2 amide bonds. The maximum absolute atomic E-state index is 11.7. The molecule has 1 saturated heterocycles. The topological polar surface area (TPSA) is 93.1 Å². The molecule has 1 fully saturated rings. The molecule has 0 bridgehead atoms. The van der Waals surface area contributed by atoms with Crippen molar-refractivity contribution in [2.45, 2.75) is 38.8 Å². The van der Waals surface area contributed by atoms with E-state index in [1.54, 1.807) is 20.8 Å². The third-order valence-corrected chi connectivity index (χ3v) is 1.96. The highest BCUT2D eigenvalue weighted by Crippen LogP contribution is 2.19. The highest BCUT2D eigenvalue weighted by Gasteiger charge is 2.41. The highest BCUT2D eigenvalue weighted by atomic mass is 16.6. The molecular weight excluding hydrogens is 230 g/mol. The average Bonchev–Trinajstić information content (AvgIpc) is 2.42. The molecule has 1 atom stereocenters. The summed E-state index contributed by atoms with van der Waals surface area (Å²) in [4.78, 5) is 34.3. The summed E-state index contributed by atoms with van der Waals surface area (Å²) in [6.45, 7) is 4.83. The molecule has 1 aliphatic rings. The van der Waals surface area contributed by atoms with Gasteiger partial charge in [-0.2, -0.15) is 0 Å². The third kappa shape index (κ3) is 3.61. The van der Waals surface area contributed by atoms with Crippen LogP contribution in [0.4, 0.5) is 9.59 Å². The minimum atomic E-state index is -1.11. The van der Waals surface area contributed by atoms with Gasteiger partial charge in [-0.05, 0) is 20.8 Å². The van der Waals surface area contributed by atoms with E-state index in [1.807, 2.05) is 0 Å². The number of hydrogen-bond acceptors (Lipinski definition) is 5. The van der Waals surface area contributed by atoms with Gasteiger partial charge in [0, 0.05) is 0 Å². The second kappa shape index (κ2) is 4.60. The molecule has 1 N–H and O–H groups in total. The van der Waals surface area contributed by atoms with E-state index < -0.39 is 29.8 Å². The Hall–Kier alpha value is -1.79. The largest absolute Gasteiger partial charge is 0.481 e. The van der Waals surface area contributed by atoms with Gasteiger partial charge in [0.1, 0.15) is 12.2 Å². The van der Waals surface area contributed by atoms with E-state index in [1.165, 1.54) is 0 Å². The first-order valence-electron chi connectivity index (χ1n) is 5.11. The molecule has 1 heterocycles. The van der Waals surface area contributed by atoms with Crippen LogP contribution >= 0.6 is 0 Å². The fourth-order valence-corrected chi connectivity index (χ4v) is 1.35. The van der Waals surface area contributed by atoms with Crippen molar-refractivity contribution in [2.75, 3.05) is 6.61 Å². The summed E-state index contributed by atoms with van der Waals surface area (Å²) in [5.74, 6) is -1.11. The van der Waals surface area contributed by atoms with E-state index in [2.05, 4.69) is 4.74 Å². The molecule has 0 aromatic carbocycles. The SMILES string of the molecule is CC(C)(C)OC(=O)N1C(=O)OC[C@H]1CC(=O)O. The number of carboxylic acids is 1. The van der Waals surface area contributed by atoms with Gasteiger partial charge in [0.15, 0.2) is 0 Å². The van der Waals surface area contributed by atoms with Crippen molar-refractivity contribution in [3.05, 3.63) is 0 Å². The van der Waals surface area contributed by atoms with E-state index in [0.717, 1.165) is 0 Å². The summed E-state index contributed by atoms with van der Waals surface area (Å²) in [5.41, 5.74) is -0.756. The summed E-state index contributed by atoms with van der Waals surface area (Å²) < 4.78 is 9.63. The van der Waals surface area contributed by atoms with Gasteiger partial charge in [-0.25, -0.2) is 14.5 Å². The first kappa shape index (κ1) is 13.3. The van der Waals surface area contributed by atoms with Crippen LogP contribution in [0.2, 0.25) is 0 Å². The number of hydrogen-bond donors (Lipinski definition) is 1. The Labute approximate surface area is 98.3 Å². The lowest BCUT2D eigenvalue weighted by molar-refractivity contribution is -0.137. The number of aliphatic carboxylic acids is 1. The molecule has 0 aliphatic carbocycles. The number of amides is 2. The molecule has 0 radical (unpaired) electrons. The van der Waals surface area contributed by atoms with E-state index in [9.17, 15) is 14.4 Å². The van der Waals surface area contributed by atoms with Gasteiger partial charge >= 0.3 is 18.2 Å². The minimum Gasteiger partial charge on any atom is -0.481 e. The Kier molecular flexibility index (Phi) is 3.59. The Balaban J connectivity index is 2.74. The van der Waals surface area contributed by atoms with Crippen molar-refractivity contribution in [2.24, 2.45) is 0 Å². The van der Waals surface area contributed by atoms with Gasteiger partial charge in [-0.1, -0.05) is 0 Å². The first-order chi connectivity index (χ1) is 7.70. The van der Waals surface area contributed by atoms with E-state index >= 15 is 0 Å². The zero-order chi connectivity index (χ0) is 13.2. The van der Waals surface area contributed by atoms with Crippen molar-refractivity contribution < 1.29 is 29.0 Å². The number of cyclic esters (lactones) is 1. The zero-order valence-corrected chi connectivity index (χ0v) is 9.93. The van der Waals surface area contributed by atoms with Crippen molar-refractivity contribution in [1.29, 1.82) is 0 Å². The Bertz CT molecular complexity index is 345. The van der Waals surface area contributed by atoms with Crippen LogP contribution in [0.5, 0.6) is 0 Å². The monoisotopic (exact) mass is 245 g/mol. The number of imide groups is 1. The van der Waals surface area contributed by atoms with Crippen molar-refractivity contribution in [1.82, 2.24) is 4.90 Å². The fourth-order valence-electron chi connectivity index (χ4n) is 1.35. The summed E-state index contributed by atoms with van der Waals surface area (Å²) >= 11 is 0. The molecule has 7 nitrogen and oxygen atoms in total. The van der Waals surface area contributed by atoms with E-state index in [-0.39, 0.29) is 13.0 Å². The van der Waals surface area contributed by atoms with Gasteiger partial charge in [-0.15, -0.1) is 0 Å². The second-order valence-corrected chi connectivity index (χ2v) is 4.68. The number of carboxylic acid groups (broad SMARTS) is 1. The van der Waals surface area contributed by atoms with Crippen LogP contribution in [0.15, 0.2) is 0 Å². The summed E-state index contributed by atoms with van der Waals surface area (Å²) in [7, 11) is 0. The molecule has 1 aliphatic heterocycles. The van der Waals surface area contributed by atoms with Crippen LogP contribution in [0.1, 0.15) is 27.2 Å². The maximum atomic E-state index is 11.7. The molecule has 0 aromatic heterocycles. The molecule has 96 valence electrons. The summed E-state index contributed by atoms with van der Waals surface area (Å²) in [6, 6.07) is -0.810. The molecule has 7 heteroatoms. The van der Waals surface area contributed by atoms with Crippen LogP contribution in [-0.2, 0) is 14.3 Å². The van der Waals surface area contributed by atoms with E-state index in [0.29, 0.717) is 4.90 Å². The molecular formula is C10H15NO6. The van der Waals surface area contributed by atoms with Crippen molar-refractivity contribution >= 4 is 18.2 Å². The van der Waals surface area contributed by atoms with Crippen LogP contribution < -0.4 is 0 Å². The van der Waals surface area contributed by atoms with Crippen molar-refractivity contribution in [3.63, 3.8) is 0 Å². The second-order valence-electron chi connectivity index (χ2n) is 4.68. The Morgan fingerprint density at radius 3 is 2.59 bits per heavy atom. The lowest BCUT2D eigenvalue weighted by atomic mass is 10.2. The predicted octanol–water partition coefficient (Wildman–Crippen LogP) is 1.22. The standard InChI is InChI=1S/C10H15NO6/c1-10(2,3)17-9(15)11-6(4-7(12)13)5-16-8(11)14/h6H,4-5H2,1-3H3,(H,12,13)/t6-/m1/s1. The van der Waals surface area contributed by atoms with Crippen LogP contribution in [0, 0.1) is 0 Å². The van der Waals surface area contributed by atoms with Gasteiger partial charge in [0.25, 0.3) is 0 Å². The van der Waals surface area contributed by atoms with E-state index in [4.69, 9.17) is 9.84 Å². The Morgan fingerprint density at radius 2 is 2.12 bits per heavy atom. The molecule has 1 rings (SSSR count).